The first-order valence-corrected chi connectivity index (χ1v) is 8.68. The van der Waals surface area contributed by atoms with Gasteiger partial charge in [0, 0.05) is 22.4 Å². The van der Waals surface area contributed by atoms with Gasteiger partial charge in [-0.15, -0.1) is 0 Å². The second kappa shape index (κ2) is 6.89. The second-order valence-electron chi connectivity index (χ2n) is 5.11. The molecule has 1 aromatic carbocycles. The number of hydrogen-bond acceptors (Lipinski definition) is 1. The van der Waals surface area contributed by atoms with Crippen molar-refractivity contribution in [3.05, 3.63) is 33.8 Å². The molecular weight excluding hydrogens is 370 g/mol. The number of amides is 1. The van der Waals surface area contributed by atoms with Gasteiger partial charge in [-0.2, -0.15) is 0 Å². The number of benzene rings is 1. The lowest BCUT2D eigenvalue weighted by Gasteiger charge is -2.29. The zero-order valence-electron chi connectivity index (χ0n) is 11.2. The van der Waals surface area contributed by atoms with Gasteiger partial charge in [-0.1, -0.05) is 34.8 Å². The molecule has 0 radical (unpaired) electrons. The molecule has 4 heteroatoms. The molecule has 0 bridgehead atoms. The summed E-state index contributed by atoms with van der Waals surface area (Å²) < 4.78 is 0.898. The molecular formula is C15H19Br2NO. The van der Waals surface area contributed by atoms with Crippen LogP contribution in [0.2, 0.25) is 0 Å². The highest BCUT2D eigenvalue weighted by atomic mass is 79.9. The molecule has 0 heterocycles. The summed E-state index contributed by atoms with van der Waals surface area (Å²) in [4.78, 5) is 14.8. The monoisotopic (exact) mass is 387 g/mol. The summed E-state index contributed by atoms with van der Waals surface area (Å²) in [6.07, 6.45) is 4.77. The van der Waals surface area contributed by atoms with E-state index in [-0.39, 0.29) is 5.91 Å². The van der Waals surface area contributed by atoms with Gasteiger partial charge in [0.05, 0.1) is 5.56 Å². The summed E-state index contributed by atoms with van der Waals surface area (Å²) in [5.74, 6) is 0.151. The Morgan fingerprint density at radius 2 is 2.05 bits per heavy atom. The first-order valence-electron chi connectivity index (χ1n) is 6.76. The Kier molecular flexibility index (Phi) is 5.46. The van der Waals surface area contributed by atoms with Crippen LogP contribution in [0.25, 0.3) is 0 Å². The highest BCUT2D eigenvalue weighted by molar-refractivity contribution is 9.10. The Morgan fingerprint density at radius 3 is 2.63 bits per heavy atom. The van der Waals surface area contributed by atoms with Gasteiger partial charge in [0.2, 0.25) is 0 Å². The molecule has 0 aliphatic heterocycles. The van der Waals surface area contributed by atoms with Crippen LogP contribution in [-0.4, -0.2) is 28.7 Å². The van der Waals surface area contributed by atoms with Crippen LogP contribution in [0.3, 0.4) is 0 Å². The number of aryl methyl sites for hydroxylation is 1. The summed E-state index contributed by atoms with van der Waals surface area (Å²) in [6, 6.07) is 6.35. The van der Waals surface area contributed by atoms with Crippen LogP contribution in [-0.2, 0) is 0 Å². The average Bonchev–Trinajstić information content (AvgIpc) is 2.89. The number of halogens is 2. The third-order valence-electron chi connectivity index (χ3n) is 3.71. The number of rotatable bonds is 4. The topological polar surface area (TPSA) is 20.3 Å². The van der Waals surface area contributed by atoms with Crippen molar-refractivity contribution in [3.63, 3.8) is 0 Å². The first kappa shape index (κ1) is 15.0. The van der Waals surface area contributed by atoms with Gasteiger partial charge in [-0.05, 0) is 53.4 Å². The number of carbonyl (C=O) groups is 1. The van der Waals surface area contributed by atoms with E-state index in [1.807, 2.05) is 30.0 Å². The zero-order valence-corrected chi connectivity index (χ0v) is 14.3. The lowest BCUT2D eigenvalue weighted by Crippen LogP contribution is -2.40. The van der Waals surface area contributed by atoms with E-state index in [1.165, 1.54) is 12.8 Å². The summed E-state index contributed by atoms with van der Waals surface area (Å²) >= 11 is 6.98. The van der Waals surface area contributed by atoms with Crippen molar-refractivity contribution in [2.75, 3.05) is 11.9 Å². The maximum atomic E-state index is 12.7. The predicted molar refractivity (Wildman–Crippen MR) is 86.0 cm³/mol. The van der Waals surface area contributed by atoms with Crippen LogP contribution in [0.15, 0.2) is 22.7 Å². The molecule has 1 amide bonds. The SMILES string of the molecule is Cc1ccc(C(=O)N(CCBr)C2CCCC2)c(Br)c1. The molecule has 0 N–H and O–H groups in total. The highest BCUT2D eigenvalue weighted by Gasteiger charge is 2.27. The van der Waals surface area contributed by atoms with Crippen molar-refractivity contribution in [2.45, 2.75) is 38.6 Å². The third-order valence-corrected chi connectivity index (χ3v) is 4.72. The fourth-order valence-corrected chi connectivity index (χ4v) is 3.75. The number of hydrogen-bond donors (Lipinski definition) is 0. The van der Waals surface area contributed by atoms with E-state index in [2.05, 4.69) is 31.9 Å². The van der Waals surface area contributed by atoms with Gasteiger partial charge < -0.3 is 4.90 Å². The van der Waals surface area contributed by atoms with Crippen LogP contribution in [0.4, 0.5) is 0 Å². The molecule has 1 saturated carbocycles. The minimum absolute atomic E-state index is 0.151. The third kappa shape index (κ3) is 3.60. The maximum Gasteiger partial charge on any atom is 0.255 e. The molecule has 0 aromatic heterocycles. The molecule has 1 aliphatic rings. The largest absolute Gasteiger partial charge is 0.335 e. The molecule has 2 rings (SSSR count). The van der Waals surface area contributed by atoms with E-state index in [9.17, 15) is 4.79 Å². The van der Waals surface area contributed by atoms with Crippen molar-refractivity contribution < 1.29 is 4.79 Å². The molecule has 104 valence electrons. The van der Waals surface area contributed by atoms with Gasteiger partial charge >= 0.3 is 0 Å². The summed E-state index contributed by atoms with van der Waals surface area (Å²) in [6.45, 7) is 2.82. The van der Waals surface area contributed by atoms with Crippen molar-refractivity contribution in [1.82, 2.24) is 4.90 Å². The van der Waals surface area contributed by atoms with Crippen LogP contribution >= 0.6 is 31.9 Å². The van der Waals surface area contributed by atoms with Crippen molar-refractivity contribution in [2.24, 2.45) is 0 Å². The molecule has 0 saturated heterocycles. The van der Waals surface area contributed by atoms with Crippen molar-refractivity contribution in [1.29, 1.82) is 0 Å². The van der Waals surface area contributed by atoms with Gasteiger partial charge in [0.1, 0.15) is 0 Å². The standard InChI is InChI=1S/C15H19Br2NO/c1-11-6-7-13(14(17)10-11)15(19)18(9-8-16)12-4-2-3-5-12/h6-7,10,12H,2-5,8-9H2,1H3. The van der Waals surface area contributed by atoms with E-state index >= 15 is 0 Å². The lowest BCUT2D eigenvalue weighted by molar-refractivity contribution is 0.0695. The maximum absolute atomic E-state index is 12.7. The fraction of sp³-hybridized carbons (Fsp3) is 0.533. The van der Waals surface area contributed by atoms with Gasteiger partial charge in [-0.3, -0.25) is 4.79 Å². The lowest BCUT2D eigenvalue weighted by atomic mass is 10.1. The Hall–Kier alpha value is -0.350. The molecule has 0 unspecified atom stereocenters. The summed E-state index contributed by atoms with van der Waals surface area (Å²) in [5.41, 5.74) is 1.94. The van der Waals surface area contributed by atoms with Gasteiger partial charge in [-0.25, -0.2) is 0 Å². The zero-order chi connectivity index (χ0) is 13.8. The van der Waals surface area contributed by atoms with Crippen LogP contribution in [0.5, 0.6) is 0 Å². The Balaban J connectivity index is 2.22. The molecule has 19 heavy (non-hydrogen) atoms. The summed E-state index contributed by atoms with van der Waals surface area (Å²) in [5, 5.41) is 0.832. The quantitative estimate of drug-likeness (QED) is 0.693. The molecule has 2 nitrogen and oxygen atoms in total. The minimum Gasteiger partial charge on any atom is -0.335 e. The van der Waals surface area contributed by atoms with E-state index < -0.39 is 0 Å². The predicted octanol–water partition coefficient (Wildman–Crippen LogP) is 4.54. The molecule has 1 aliphatic carbocycles. The first-order chi connectivity index (χ1) is 9.13. The van der Waals surface area contributed by atoms with E-state index in [4.69, 9.17) is 0 Å². The Morgan fingerprint density at radius 1 is 1.37 bits per heavy atom. The van der Waals surface area contributed by atoms with E-state index in [0.717, 1.165) is 40.3 Å². The van der Waals surface area contributed by atoms with Crippen molar-refractivity contribution in [3.8, 4) is 0 Å². The van der Waals surface area contributed by atoms with Gasteiger partial charge in [0.25, 0.3) is 5.91 Å². The highest BCUT2D eigenvalue weighted by Crippen LogP contribution is 2.27. The average molecular weight is 389 g/mol. The number of alkyl halides is 1. The van der Waals surface area contributed by atoms with E-state index in [0.29, 0.717) is 6.04 Å². The number of carbonyl (C=O) groups excluding carboxylic acids is 1. The fourth-order valence-electron chi connectivity index (χ4n) is 2.71. The van der Waals surface area contributed by atoms with Crippen LogP contribution in [0.1, 0.15) is 41.6 Å². The van der Waals surface area contributed by atoms with Crippen molar-refractivity contribution >= 4 is 37.8 Å². The second-order valence-corrected chi connectivity index (χ2v) is 6.76. The normalized spacial score (nSPS) is 15.7. The van der Waals surface area contributed by atoms with Gasteiger partial charge in [0.15, 0.2) is 0 Å². The number of nitrogens with zero attached hydrogens (tertiary/aromatic N) is 1. The molecule has 0 atom stereocenters. The van der Waals surface area contributed by atoms with Crippen LogP contribution in [0, 0.1) is 6.92 Å². The summed E-state index contributed by atoms with van der Waals surface area (Å²) in [7, 11) is 0. The Labute approximate surface area is 131 Å². The van der Waals surface area contributed by atoms with Crippen LogP contribution < -0.4 is 0 Å². The minimum atomic E-state index is 0.151. The van der Waals surface area contributed by atoms with E-state index in [1.54, 1.807) is 0 Å². The molecule has 1 fully saturated rings. The molecule has 1 aromatic rings. The molecule has 0 spiro atoms. The smallest absolute Gasteiger partial charge is 0.255 e. The Bertz CT molecular complexity index is 455.